The first kappa shape index (κ1) is 30.9. The second kappa shape index (κ2) is 10.3. The van der Waals surface area contributed by atoms with Crippen LogP contribution >= 0.6 is 0 Å². The van der Waals surface area contributed by atoms with Crippen LogP contribution in [-0.2, 0) is 7.05 Å². The molecule has 1 aromatic heterocycles. The van der Waals surface area contributed by atoms with Gasteiger partial charge in [0.1, 0.15) is 41.0 Å². The van der Waals surface area contributed by atoms with Gasteiger partial charge in [0, 0.05) is 12.6 Å². The van der Waals surface area contributed by atoms with Gasteiger partial charge < -0.3 is 4.57 Å². The van der Waals surface area contributed by atoms with Crippen LogP contribution in [0.4, 0.5) is 65.9 Å². The van der Waals surface area contributed by atoms with E-state index in [1.54, 1.807) is 0 Å². The van der Waals surface area contributed by atoms with E-state index < -0.39 is 115 Å². The van der Waals surface area contributed by atoms with Crippen LogP contribution in [0.3, 0.4) is 0 Å². The molecule has 0 saturated heterocycles. The van der Waals surface area contributed by atoms with Crippen molar-refractivity contribution in [1.29, 1.82) is 0 Å². The molecule has 1 heterocycles. The molecule has 1 nitrogen and oxygen atoms in total. The lowest BCUT2D eigenvalue weighted by Gasteiger charge is -2.44. The largest absolute Gasteiger partial charge is 0.385 e. The summed E-state index contributed by atoms with van der Waals surface area (Å²) < 4.78 is 225. The lowest BCUT2D eigenvalue weighted by molar-refractivity contribution is 0.380. The fraction of sp³-hybridized carbons (Fsp3) is 0.0370. The van der Waals surface area contributed by atoms with Crippen LogP contribution in [0.15, 0.2) is 30.3 Å². The fourth-order valence-electron chi connectivity index (χ4n) is 5.61. The average Bonchev–Trinajstić information content (AvgIpc) is 3.35. The minimum absolute atomic E-state index is 0.215. The zero-order chi connectivity index (χ0) is 32.7. The number of hydrogen-bond acceptors (Lipinski definition) is 0. The number of benzene rings is 4. The molecule has 44 heavy (non-hydrogen) atoms. The SMILES string of the molecule is Cn1c([B-](c2c(F)c(F)c(F)c(F)c2F)(c2c(F)c(F)c(F)c(F)c2F)c2c(F)c(F)c(F)c(F)c2F)cc2ccccc21. The molecule has 0 N–H and O–H groups in total. The Hall–Kier alpha value is -4.57. The number of para-hydroxylation sites is 1. The van der Waals surface area contributed by atoms with E-state index in [1.807, 2.05) is 0 Å². The molecule has 230 valence electrons. The van der Waals surface area contributed by atoms with Crippen molar-refractivity contribution in [2.45, 2.75) is 0 Å². The van der Waals surface area contributed by atoms with E-state index in [0.717, 1.165) is 19.2 Å². The van der Waals surface area contributed by atoms with Gasteiger partial charge in [-0.25, -0.2) is 65.9 Å². The van der Waals surface area contributed by atoms with Gasteiger partial charge in [0.15, 0.2) is 52.4 Å². The van der Waals surface area contributed by atoms with E-state index in [4.69, 9.17) is 0 Å². The molecule has 0 spiro atoms. The molecule has 0 bridgehead atoms. The average molecular weight is 642 g/mol. The molecule has 0 saturated carbocycles. The van der Waals surface area contributed by atoms with Crippen LogP contribution in [0, 0.1) is 87.3 Å². The molecule has 5 aromatic rings. The maximum Gasteiger partial charge on any atom is 0.200 e. The zero-order valence-corrected chi connectivity index (χ0v) is 21.1. The Morgan fingerprint density at radius 3 is 0.977 bits per heavy atom. The normalized spacial score (nSPS) is 12.1. The van der Waals surface area contributed by atoms with Crippen molar-refractivity contribution in [3.63, 3.8) is 0 Å². The molecule has 0 radical (unpaired) electrons. The van der Waals surface area contributed by atoms with Crippen molar-refractivity contribution in [2.24, 2.45) is 7.05 Å². The van der Waals surface area contributed by atoms with Gasteiger partial charge in [-0.15, -0.1) is 22.0 Å². The highest BCUT2D eigenvalue weighted by molar-refractivity contribution is 7.20. The number of rotatable bonds is 4. The van der Waals surface area contributed by atoms with Crippen LogP contribution in [-0.4, -0.2) is 10.7 Å². The van der Waals surface area contributed by atoms with Crippen molar-refractivity contribution in [3.8, 4) is 0 Å². The third-order valence-electron chi connectivity index (χ3n) is 7.46. The maximum atomic E-state index is 15.7. The minimum atomic E-state index is -5.83. The van der Waals surface area contributed by atoms with Crippen LogP contribution in [0.25, 0.3) is 10.9 Å². The summed E-state index contributed by atoms with van der Waals surface area (Å²) in [6.07, 6.45) is -5.83. The summed E-state index contributed by atoms with van der Waals surface area (Å²) >= 11 is 0. The Morgan fingerprint density at radius 1 is 0.409 bits per heavy atom. The van der Waals surface area contributed by atoms with E-state index in [0.29, 0.717) is 10.6 Å². The highest BCUT2D eigenvalue weighted by atomic mass is 19.2. The molecule has 0 fully saturated rings. The van der Waals surface area contributed by atoms with Crippen molar-refractivity contribution >= 4 is 39.0 Å². The number of halogens is 15. The number of nitrogens with zero attached hydrogens (tertiary/aromatic N) is 1. The van der Waals surface area contributed by atoms with E-state index in [-0.39, 0.29) is 10.9 Å². The second-order valence-electron chi connectivity index (χ2n) is 9.50. The molecular formula is C27H8BF15N-. The number of fused-ring (bicyclic) bond motifs is 1. The predicted octanol–water partition coefficient (Wildman–Crippen LogP) is 5.64. The summed E-state index contributed by atoms with van der Waals surface area (Å²) in [5.41, 5.74) is -9.68. The number of aromatic nitrogens is 1. The summed E-state index contributed by atoms with van der Waals surface area (Å²) in [6.45, 7) is 0. The molecule has 17 heteroatoms. The van der Waals surface area contributed by atoms with Gasteiger partial charge in [0.05, 0.1) is 0 Å². The molecule has 4 aromatic carbocycles. The number of aryl methyl sites for hydroxylation is 1. The zero-order valence-electron chi connectivity index (χ0n) is 21.1. The Balaban J connectivity index is 2.30. The van der Waals surface area contributed by atoms with E-state index >= 15 is 26.3 Å². The lowest BCUT2D eigenvalue weighted by Crippen LogP contribution is -2.80. The Bertz CT molecular complexity index is 1800. The van der Waals surface area contributed by atoms with Gasteiger partial charge in [0.25, 0.3) is 0 Å². The molecule has 0 aliphatic rings. The smallest absolute Gasteiger partial charge is 0.200 e. The van der Waals surface area contributed by atoms with Gasteiger partial charge >= 0.3 is 0 Å². The summed E-state index contributed by atoms with van der Waals surface area (Å²) in [5.74, 6) is -45.6. The van der Waals surface area contributed by atoms with Crippen molar-refractivity contribution in [1.82, 2.24) is 4.57 Å². The minimum Gasteiger partial charge on any atom is -0.385 e. The summed E-state index contributed by atoms with van der Waals surface area (Å²) in [7, 11) is 0.790. The van der Waals surface area contributed by atoms with Crippen molar-refractivity contribution in [2.75, 3.05) is 0 Å². The number of hydrogen-bond donors (Lipinski definition) is 0. The third kappa shape index (κ3) is 3.79. The molecule has 0 atom stereocenters. The monoisotopic (exact) mass is 642 g/mol. The van der Waals surface area contributed by atoms with Gasteiger partial charge in [-0.05, 0) is 11.5 Å². The third-order valence-corrected chi connectivity index (χ3v) is 7.46. The highest BCUT2D eigenvalue weighted by Gasteiger charge is 2.50. The molecule has 5 rings (SSSR count). The van der Waals surface area contributed by atoms with Crippen molar-refractivity contribution in [3.05, 3.63) is 118 Å². The summed E-state index contributed by atoms with van der Waals surface area (Å²) in [6, 6.07) is 5.19. The molecule has 0 amide bonds. The van der Waals surface area contributed by atoms with E-state index in [2.05, 4.69) is 0 Å². The van der Waals surface area contributed by atoms with Crippen LogP contribution < -0.4 is 22.0 Å². The van der Waals surface area contributed by atoms with Gasteiger partial charge in [-0.3, -0.25) is 0 Å². The maximum absolute atomic E-state index is 15.7. The fourth-order valence-corrected chi connectivity index (χ4v) is 5.61. The van der Waals surface area contributed by atoms with Crippen molar-refractivity contribution < 1.29 is 65.9 Å². The Labute approximate surface area is 234 Å². The molecule has 0 aliphatic heterocycles. The summed E-state index contributed by atoms with van der Waals surface area (Å²) in [4.78, 5) is 0. The Morgan fingerprint density at radius 2 is 0.682 bits per heavy atom. The highest BCUT2D eigenvalue weighted by Crippen LogP contribution is 2.29. The van der Waals surface area contributed by atoms with Crippen LogP contribution in [0.1, 0.15) is 0 Å². The van der Waals surface area contributed by atoms with E-state index in [9.17, 15) is 39.5 Å². The quantitative estimate of drug-likeness (QED) is 0.104. The van der Waals surface area contributed by atoms with E-state index in [1.165, 1.54) is 12.1 Å². The van der Waals surface area contributed by atoms with Crippen LogP contribution in [0.5, 0.6) is 0 Å². The summed E-state index contributed by atoms with van der Waals surface area (Å²) in [5, 5.41) is -0.215. The Kier molecular flexibility index (Phi) is 7.20. The van der Waals surface area contributed by atoms with Gasteiger partial charge in [-0.1, -0.05) is 24.3 Å². The van der Waals surface area contributed by atoms with Crippen LogP contribution in [0.2, 0.25) is 0 Å². The first-order valence-electron chi connectivity index (χ1n) is 11.8. The first-order valence-corrected chi connectivity index (χ1v) is 11.8. The second-order valence-corrected chi connectivity index (χ2v) is 9.50. The molecule has 0 unspecified atom stereocenters. The first-order chi connectivity index (χ1) is 20.5. The lowest BCUT2D eigenvalue weighted by atomic mass is 9.13. The molecule has 0 aliphatic carbocycles. The molecular weight excluding hydrogens is 634 g/mol. The standard InChI is InChI=1S/C27H8BF15N/c1-44-8-5-3-2-4-7(8)6-9(44)28(10-13(29)19(35)25(41)20(36)14(10)30,11-15(31)21(37)26(42)22(38)16(11)32)12-17(33)23(39)27(43)24(40)18(12)34/h2-6H,1H3/q-1. The topological polar surface area (TPSA) is 4.93 Å². The van der Waals surface area contributed by atoms with Gasteiger partial charge in [0.2, 0.25) is 0 Å². The predicted molar refractivity (Wildman–Crippen MR) is 126 cm³/mol. The van der Waals surface area contributed by atoms with Gasteiger partial charge in [-0.2, -0.15) is 0 Å².